The second kappa shape index (κ2) is 13.4. The van der Waals surface area contributed by atoms with Crippen molar-refractivity contribution in [2.75, 3.05) is 45.2 Å². The highest BCUT2D eigenvalue weighted by atomic mass is 32.2. The van der Waals surface area contributed by atoms with Gasteiger partial charge in [-0.2, -0.15) is 4.31 Å². The van der Waals surface area contributed by atoms with E-state index in [2.05, 4.69) is 10.6 Å². The number of methoxy groups -OCH3 is 1. The van der Waals surface area contributed by atoms with Crippen LogP contribution in [0.3, 0.4) is 0 Å². The maximum Gasteiger partial charge on any atom is 0.337 e. The summed E-state index contributed by atoms with van der Waals surface area (Å²) in [5, 5.41) is 5.59. The number of piperazine rings is 1. The van der Waals surface area contributed by atoms with Crippen molar-refractivity contribution in [2.45, 2.75) is 29.9 Å². The van der Waals surface area contributed by atoms with Gasteiger partial charge in [-0.1, -0.05) is 42.5 Å². The minimum Gasteiger partial charge on any atom is -0.465 e. The third kappa shape index (κ3) is 7.04. The Balaban J connectivity index is 1.33. The molecule has 5 rings (SSSR count). The smallest absolute Gasteiger partial charge is 0.337 e. The number of anilines is 1. The first-order valence-electron chi connectivity index (χ1n) is 14.1. The molecule has 0 radical (unpaired) electrons. The van der Waals surface area contributed by atoms with Gasteiger partial charge in [-0.3, -0.25) is 4.79 Å². The summed E-state index contributed by atoms with van der Waals surface area (Å²) in [6, 6.07) is 20.7. The van der Waals surface area contributed by atoms with Crippen LogP contribution in [0.25, 0.3) is 11.1 Å². The number of carbonyl (C=O) groups is 3. The lowest BCUT2D eigenvalue weighted by Gasteiger charge is -2.39. The first-order chi connectivity index (χ1) is 20.8. The molecule has 2 heterocycles. The van der Waals surface area contributed by atoms with Gasteiger partial charge in [0, 0.05) is 38.5 Å². The Hall–Kier alpha value is -4.26. The molecule has 2 fully saturated rings. The maximum absolute atomic E-state index is 13.9. The summed E-state index contributed by atoms with van der Waals surface area (Å²) in [5.41, 5.74) is 2.59. The van der Waals surface area contributed by atoms with Crippen LogP contribution in [0.15, 0.2) is 83.8 Å². The van der Waals surface area contributed by atoms with E-state index >= 15 is 0 Å². The Kier molecular flexibility index (Phi) is 9.39. The van der Waals surface area contributed by atoms with Crippen LogP contribution in [0.2, 0.25) is 0 Å². The van der Waals surface area contributed by atoms with Gasteiger partial charge in [-0.25, -0.2) is 18.0 Å². The molecule has 3 aromatic carbocycles. The third-order valence-corrected chi connectivity index (χ3v) is 9.50. The lowest BCUT2D eigenvalue weighted by atomic mass is 10.1. The zero-order valence-electron chi connectivity index (χ0n) is 23.8. The Labute approximate surface area is 250 Å². The Morgan fingerprint density at radius 3 is 2.28 bits per heavy atom. The molecule has 0 spiro atoms. The molecule has 3 aromatic rings. The molecule has 11 nitrogen and oxygen atoms in total. The summed E-state index contributed by atoms with van der Waals surface area (Å²) in [6.07, 6.45) is 1.58. The molecular formula is C31H34N4O7S. The molecule has 2 unspecified atom stereocenters. The lowest BCUT2D eigenvalue weighted by Crippen LogP contribution is -2.62. The molecule has 2 aliphatic heterocycles. The number of amides is 3. The SMILES string of the molecule is COC(=O)c1ccc(NC(=O)N2CCN(S(=O)(=O)c3ccc(-c4ccccc4)cc3)C(C(=O)NCC3CCCO3)C2)cc1. The Morgan fingerprint density at radius 1 is 0.930 bits per heavy atom. The molecule has 2 saturated heterocycles. The highest BCUT2D eigenvalue weighted by Gasteiger charge is 2.41. The van der Waals surface area contributed by atoms with E-state index in [1.165, 1.54) is 40.6 Å². The molecular weight excluding hydrogens is 572 g/mol. The fourth-order valence-electron chi connectivity index (χ4n) is 5.18. The molecule has 43 heavy (non-hydrogen) atoms. The standard InChI is InChI=1S/C31H34N4O7S/c1-41-30(37)24-9-13-25(14-10-24)33-31(38)34-17-18-35(28(21-34)29(36)32-20-26-8-5-19-42-26)43(39,40)27-15-11-23(12-16-27)22-6-3-2-4-7-22/h2-4,6-7,9-16,26,28H,5,8,17-21H2,1H3,(H,32,36)(H,33,38). The van der Waals surface area contributed by atoms with Crippen molar-refractivity contribution in [3.63, 3.8) is 0 Å². The van der Waals surface area contributed by atoms with Crippen LogP contribution in [0.1, 0.15) is 23.2 Å². The van der Waals surface area contributed by atoms with Crippen LogP contribution in [0.4, 0.5) is 10.5 Å². The molecule has 226 valence electrons. The van der Waals surface area contributed by atoms with Gasteiger partial charge in [0.1, 0.15) is 6.04 Å². The molecule has 0 bridgehead atoms. The van der Waals surface area contributed by atoms with E-state index in [1.807, 2.05) is 30.3 Å². The van der Waals surface area contributed by atoms with Gasteiger partial charge in [0.15, 0.2) is 0 Å². The summed E-state index contributed by atoms with van der Waals surface area (Å²) in [4.78, 5) is 39.8. The van der Waals surface area contributed by atoms with Gasteiger partial charge in [0.25, 0.3) is 0 Å². The molecule has 0 aliphatic carbocycles. The number of carbonyl (C=O) groups excluding carboxylic acids is 3. The second-order valence-corrected chi connectivity index (χ2v) is 12.2. The summed E-state index contributed by atoms with van der Waals surface area (Å²) >= 11 is 0. The van der Waals surface area contributed by atoms with E-state index in [4.69, 9.17) is 9.47 Å². The number of sulfonamides is 1. The zero-order valence-corrected chi connectivity index (χ0v) is 24.6. The van der Waals surface area contributed by atoms with E-state index in [-0.39, 0.29) is 37.2 Å². The van der Waals surface area contributed by atoms with Gasteiger partial charge in [-0.15, -0.1) is 0 Å². The summed E-state index contributed by atoms with van der Waals surface area (Å²) in [5.74, 6) is -0.998. The average Bonchev–Trinajstić information content (AvgIpc) is 3.57. The molecule has 2 N–H and O–H groups in total. The largest absolute Gasteiger partial charge is 0.465 e. The molecule has 12 heteroatoms. The van der Waals surface area contributed by atoms with Gasteiger partial charge >= 0.3 is 12.0 Å². The zero-order chi connectivity index (χ0) is 30.4. The van der Waals surface area contributed by atoms with E-state index < -0.39 is 34.0 Å². The number of benzene rings is 3. The van der Waals surface area contributed by atoms with E-state index in [1.54, 1.807) is 24.3 Å². The van der Waals surface area contributed by atoms with E-state index in [0.29, 0.717) is 17.9 Å². The quantitative estimate of drug-likeness (QED) is 0.376. The number of esters is 1. The number of hydrogen-bond acceptors (Lipinski definition) is 7. The van der Waals surface area contributed by atoms with Crippen molar-refractivity contribution >= 4 is 33.6 Å². The molecule has 3 amide bonds. The number of rotatable bonds is 8. The maximum atomic E-state index is 13.9. The lowest BCUT2D eigenvalue weighted by molar-refractivity contribution is -0.126. The minimum absolute atomic E-state index is 0.0627. The minimum atomic E-state index is -4.08. The summed E-state index contributed by atoms with van der Waals surface area (Å²) in [6.45, 7) is 0.731. The highest BCUT2D eigenvalue weighted by molar-refractivity contribution is 7.89. The second-order valence-electron chi connectivity index (χ2n) is 10.3. The molecule has 2 atom stereocenters. The predicted molar refractivity (Wildman–Crippen MR) is 160 cm³/mol. The summed E-state index contributed by atoms with van der Waals surface area (Å²) in [7, 11) is -2.79. The molecule has 0 saturated carbocycles. The van der Waals surface area contributed by atoms with Crippen molar-refractivity contribution in [3.05, 3.63) is 84.4 Å². The first kappa shape index (κ1) is 30.2. The van der Waals surface area contributed by atoms with Crippen molar-refractivity contribution in [2.24, 2.45) is 0 Å². The molecule has 0 aromatic heterocycles. The van der Waals surface area contributed by atoms with E-state index in [9.17, 15) is 22.8 Å². The van der Waals surface area contributed by atoms with Crippen molar-refractivity contribution in [3.8, 4) is 11.1 Å². The monoisotopic (exact) mass is 606 g/mol. The van der Waals surface area contributed by atoms with Gasteiger partial charge in [-0.05, 0) is 60.4 Å². The first-order valence-corrected chi connectivity index (χ1v) is 15.5. The number of urea groups is 1. The number of nitrogens with one attached hydrogen (secondary N) is 2. The van der Waals surface area contributed by atoms with Crippen molar-refractivity contribution in [1.29, 1.82) is 0 Å². The van der Waals surface area contributed by atoms with Crippen molar-refractivity contribution < 1.29 is 32.3 Å². The highest BCUT2D eigenvalue weighted by Crippen LogP contribution is 2.26. The average molecular weight is 607 g/mol. The van der Waals surface area contributed by atoms with Crippen LogP contribution in [0, 0.1) is 0 Å². The van der Waals surface area contributed by atoms with Crippen LogP contribution in [-0.4, -0.2) is 87.6 Å². The van der Waals surface area contributed by atoms with Gasteiger partial charge in [0.2, 0.25) is 15.9 Å². The Morgan fingerprint density at radius 2 is 1.63 bits per heavy atom. The normalized spacial score (nSPS) is 19.0. The fraction of sp³-hybridized carbons (Fsp3) is 0.323. The third-order valence-electron chi connectivity index (χ3n) is 7.57. The van der Waals surface area contributed by atoms with Gasteiger partial charge in [0.05, 0.1) is 23.7 Å². The molecule has 2 aliphatic rings. The topological polar surface area (TPSA) is 134 Å². The van der Waals surface area contributed by atoms with Crippen LogP contribution in [0.5, 0.6) is 0 Å². The van der Waals surface area contributed by atoms with Crippen molar-refractivity contribution in [1.82, 2.24) is 14.5 Å². The Bertz CT molecular complexity index is 1540. The number of hydrogen-bond donors (Lipinski definition) is 2. The predicted octanol–water partition coefficient (Wildman–Crippen LogP) is 3.34. The van der Waals surface area contributed by atoms with Crippen LogP contribution >= 0.6 is 0 Å². The number of nitrogens with zero attached hydrogens (tertiary/aromatic N) is 2. The van der Waals surface area contributed by atoms with Crippen LogP contribution in [-0.2, 0) is 24.3 Å². The van der Waals surface area contributed by atoms with Crippen LogP contribution < -0.4 is 10.6 Å². The van der Waals surface area contributed by atoms with Gasteiger partial charge < -0.3 is 25.0 Å². The number of ether oxygens (including phenoxy) is 2. The summed E-state index contributed by atoms with van der Waals surface area (Å²) < 4.78 is 39.2. The fourth-order valence-corrected chi connectivity index (χ4v) is 6.76. The van der Waals surface area contributed by atoms with E-state index in [0.717, 1.165) is 24.0 Å².